The number of nitrogens with zero attached hydrogens (tertiary/aromatic N) is 2. The fourth-order valence-corrected chi connectivity index (χ4v) is 3.65. The van der Waals surface area contributed by atoms with Crippen LogP contribution in [0, 0.1) is 18.3 Å². The van der Waals surface area contributed by atoms with Gasteiger partial charge in [0.05, 0.1) is 23.6 Å². The molecule has 0 saturated carbocycles. The molecule has 0 spiro atoms. The standard InChI is InChI=1S/C18H27N3O4/c1-12-10-21(17(23)18(3)4-6-24-7-5-18)11-15(12)19-16(22)9-14-8-13(2)20-25-14/h8,12,15H,4-7,9-11H2,1-3H3,(H,19,22). The normalized spacial score (nSPS) is 25.8. The summed E-state index contributed by atoms with van der Waals surface area (Å²) in [6.07, 6.45) is 1.70. The topological polar surface area (TPSA) is 84.7 Å². The van der Waals surface area contributed by atoms with E-state index < -0.39 is 0 Å². The molecule has 7 heteroatoms. The Morgan fingerprint density at radius 2 is 2.08 bits per heavy atom. The first-order valence-corrected chi connectivity index (χ1v) is 8.96. The van der Waals surface area contributed by atoms with Gasteiger partial charge in [0.25, 0.3) is 0 Å². The first-order valence-electron chi connectivity index (χ1n) is 8.96. The maximum atomic E-state index is 12.9. The molecule has 2 fully saturated rings. The fourth-order valence-electron chi connectivity index (χ4n) is 3.65. The van der Waals surface area contributed by atoms with Crippen molar-refractivity contribution in [2.45, 2.75) is 46.1 Å². The molecule has 1 aromatic heterocycles. The number of amides is 2. The highest BCUT2D eigenvalue weighted by atomic mass is 16.5. The number of hydrogen-bond donors (Lipinski definition) is 1. The molecule has 2 aliphatic heterocycles. The van der Waals surface area contributed by atoms with Gasteiger partial charge in [-0.3, -0.25) is 9.59 Å². The lowest BCUT2D eigenvalue weighted by molar-refractivity contribution is -0.145. The van der Waals surface area contributed by atoms with Crippen molar-refractivity contribution in [1.82, 2.24) is 15.4 Å². The van der Waals surface area contributed by atoms with E-state index in [1.54, 1.807) is 6.07 Å². The number of nitrogens with one attached hydrogen (secondary N) is 1. The number of rotatable bonds is 4. The van der Waals surface area contributed by atoms with Gasteiger partial charge < -0.3 is 19.5 Å². The van der Waals surface area contributed by atoms with E-state index in [4.69, 9.17) is 9.26 Å². The minimum atomic E-state index is -0.339. The lowest BCUT2D eigenvalue weighted by Gasteiger charge is -2.35. The van der Waals surface area contributed by atoms with Gasteiger partial charge in [0, 0.05) is 32.4 Å². The highest BCUT2D eigenvalue weighted by Crippen LogP contribution is 2.33. The molecule has 2 atom stereocenters. The van der Waals surface area contributed by atoms with Crippen molar-refractivity contribution in [3.8, 4) is 0 Å². The van der Waals surface area contributed by atoms with Crippen LogP contribution >= 0.6 is 0 Å². The van der Waals surface area contributed by atoms with Crippen molar-refractivity contribution < 1.29 is 18.8 Å². The Hall–Kier alpha value is -1.89. The van der Waals surface area contributed by atoms with E-state index in [-0.39, 0.29) is 35.6 Å². The molecule has 2 unspecified atom stereocenters. The molecular weight excluding hydrogens is 322 g/mol. The van der Waals surface area contributed by atoms with Gasteiger partial charge >= 0.3 is 0 Å². The van der Waals surface area contributed by atoms with Gasteiger partial charge in [-0.2, -0.15) is 0 Å². The number of ether oxygens (including phenoxy) is 1. The molecular formula is C18H27N3O4. The molecule has 2 amide bonds. The van der Waals surface area contributed by atoms with E-state index in [0.29, 0.717) is 32.1 Å². The second kappa shape index (κ2) is 7.15. The largest absolute Gasteiger partial charge is 0.381 e. The minimum Gasteiger partial charge on any atom is -0.381 e. The maximum absolute atomic E-state index is 12.9. The SMILES string of the molecule is Cc1cc(CC(=O)NC2CN(C(=O)C3(C)CCOCC3)CC2C)on1. The molecule has 0 bridgehead atoms. The van der Waals surface area contributed by atoms with Gasteiger partial charge in [-0.15, -0.1) is 0 Å². The summed E-state index contributed by atoms with van der Waals surface area (Å²) < 4.78 is 10.5. The third-order valence-electron chi connectivity index (χ3n) is 5.37. The van der Waals surface area contributed by atoms with E-state index >= 15 is 0 Å². The number of hydrogen-bond acceptors (Lipinski definition) is 5. The second-order valence-corrected chi connectivity index (χ2v) is 7.65. The zero-order valence-electron chi connectivity index (χ0n) is 15.2. The van der Waals surface area contributed by atoms with Gasteiger partial charge in [0.15, 0.2) is 0 Å². The Bertz CT molecular complexity index is 636. The van der Waals surface area contributed by atoms with Gasteiger partial charge in [-0.25, -0.2) is 0 Å². The quantitative estimate of drug-likeness (QED) is 0.886. The third-order valence-corrected chi connectivity index (χ3v) is 5.37. The zero-order chi connectivity index (χ0) is 18.0. The smallest absolute Gasteiger partial charge is 0.228 e. The van der Waals surface area contributed by atoms with Crippen molar-refractivity contribution >= 4 is 11.8 Å². The minimum absolute atomic E-state index is 0.0242. The molecule has 25 heavy (non-hydrogen) atoms. The van der Waals surface area contributed by atoms with Crippen LogP contribution in [0.2, 0.25) is 0 Å². The molecule has 0 radical (unpaired) electrons. The molecule has 1 aromatic rings. The number of likely N-dealkylation sites (tertiary alicyclic amines) is 1. The van der Waals surface area contributed by atoms with Crippen molar-refractivity contribution in [2.24, 2.45) is 11.3 Å². The molecule has 3 rings (SSSR count). The predicted octanol–water partition coefficient (Wildman–Crippen LogP) is 1.31. The zero-order valence-corrected chi connectivity index (χ0v) is 15.2. The van der Waals surface area contributed by atoms with E-state index in [0.717, 1.165) is 18.5 Å². The summed E-state index contributed by atoms with van der Waals surface area (Å²) in [6, 6.07) is 1.74. The monoisotopic (exact) mass is 349 g/mol. The van der Waals surface area contributed by atoms with Gasteiger partial charge in [0.2, 0.25) is 11.8 Å². The Balaban J connectivity index is 1.55. The average molecular weight is 349 g/mol. The molecule has 7 nitrogen and oxygen atoms in total. The van der Waals surface area contributed by atoms with Crippen LogP contribution in [0.3, 0.4) is 0 Å². The number of aryl methyl sites for hydroxylation is 1. The van der Waals surface area contributed by atoms with Crippen LogP contribution in [-0.2, 0) is 20.7 Å². The Morgan fingerprint density at radius 1 is 1.36 bits per heavy atom. The van der Waals surface area contributed by atoms with Gasteiger partial charge in [-0.05, 0) is 25.7 Å². The highest BCUT2D eigenvalue weighted by Gasteiger charge is 2.42. The number of carbonyl (C=O) groups excluding carboxylic acids is 2. The Kier molecular flexibility index (Phi) is 5.13. The first-order chi connectivity index (χ1) is 11.9. The highest BCUT2D eigenvalue weighted by molar-refractivity contribution is 5.83. The molecule has 0 aromatic carbocycles. The van der Waals surface area contributed by atoms with Crippen LogP contribution in [0.1, 0.15) is 38.1 Å². The van der Waals surface area contributed by atoms with Crippen LogP contribution in [-0.4, -0.2) is 54.2 Å². The summed E-state index contributed by atoms with van der Waals surface area (Å²) in [5, 5.41) is 6.83. The average Bonchev–Trinajstić information content (AvgIpc) is 3.13. The van der Waals surface area contributed by atoms with E-state index in [9.17, 15) is 9.59 Å². The lowest BCUT2D eigenvalue weighted by Crippen LogP contribution is -2.46. The molecule has 3 heterocycles. The first kappa shape index (κ1) is 17.9. The molecule has 2 aliphatic rings. The van der Waals surface area contributed by atoms with Crippen LogP contribution in [0.5, 0.6) is 0 Å². The number of aromatic nitrogens is 1. The summed E-state index contributed by atoms with van der Waals surface area (Å²) in [5.41, 5.74) is 0.423. The van der Waals surface area contributed by atoms with Crippen molar-refractivity contribution in [1.29, 1.82) is 0 Å². The van der Waals surface area contributed by atoms with Crippen LogP contribution in [0.25, 0.3) is 0 Å². The second-order valence-electron chi connectivity index (χ2n) is 7.65. The lowest BCUT2D eigenvalue weighted by atomic mass is 9.81. The molecule has 0 aliphatic carbocycles. The Morgan fingerprint density at radius 3 is 2.72 bits per heavy atom. The van der Waals surface area contributed by atoms with Crippen LogP contribution in [0.4, 0.5) is 0 Å². The summed E-state index contributed by atoms with van der Waals surface area (Å²) in [5.74, 6) is 0.876. The van der Waals surface area contributed by atoms with Gasteiger partial charge in [-0.1, -0.05) is 19.0 Å². The van der Waals surface area contributed by atoms with Crippen LogP contribution < -0.4 is 5.32 Å². The summed E-state index contributed by atoms with van der Waals surface area (Å²) in [6.45, 7) is 8.46. The Labute approximate surface area is 148 Å². The predicted molar refractivity (Wildman–Crippen MR) is 90.8 cm³/mol. The molecule has 2 saturated heterocycles. The van der Waals surface area contributed by atoms with Crippen LogP contribution in [0.15, 0.2) is 10.6 Å². The van der Waals surface area contributed by atoms with Crippen molar-refractivity contribution in [3.05, 3.63) is 17.5 Å². The van der Waals surface area contributed by atoms with Crippen molar-refractivity contribution in [2.75, 3.05) is 26.3 Å². The van der Waals surface area contributed by atoms with E-state index in [2.05, 4.69) is 17.4 Å². The molecule has 138 valence electrons. The third kappa shape index (κ3) is 4.03. The number of carbonyl (C=O) groups is 2. The summed E-state index contributed by atoms with van der Waals surface area (Å²) in [4.78, 5) is 27.1. The maximum Gasteiger partial charge on any atom is 0.228 e. The summed E-state index contributed by atoms with van der Waals surface area (Å²) in [7, 11) is 0. The van der Waals surface area contributed by atoms with E-state index in [1.165, 1.54) is 0 Å². The van der Waals surface area contributed by atoms with Gasteiger partial charge in [0.1, 0.15) is 5.76 Å². The summed E-state index contributed by atoms with van der Waals surface area (Å²) >= 11 is 0. The molecule has 1 N–H and O–H groups in total. The van der Waals surface area contributed by atoms with E-state index in [1.807, 2.05) is 18.7 Å². The van der Waals surface area contributed by atoms with Crippen molar-refractivity contribution in [3.63, 3.8) is 0 Å². The fraction of sp³-hybridized carbons (Fsp3) is 0.722.